The van der Waals surface area contributed by atoms with Gasteiger partial charge in [0.15, 0.2) is 0 Å². The molecule has 0 unspecified atom stereocenters. The lowest BCUT2D eigenvalue weighted by molar-refractivity contribution is 0.0696. The average molecular weight is 194 g/mol. The molecule has 1 aromatic rings. The van der Waals surface area contributed by atoms with Crippen LogP contribution in [0.3, 0.4) is 0 Å². The predicted molar refractivity (Wildman–Crippen MR) is 53.7 cm³/mol. The molecule has 0 aliphatic rings. The van der Waals surface area contributed by atoms with E-state index >= 15 is 0 Å². The lowest BCUT2D eigenvalue weighted by Gasteiger charge is -2.04. The number of unbranched alkanes of at least 4 members (excludes halogenated alkanes) is 1. The minimum Gasteiger partial charge on any atom is -0.508 e. The highest BCUT2D eigenvalue weighted by Crippen LogP contribution is 2.20. The van der Waals surface area contributed by atoms with Gasteiger partial charge in [0.05, 0.1) is 5.56 Å². The van der Waals surface area contributed by atoms with E-state index in [-0.39, 0.29) is 11.3 Å². The van der Waals surface area contributed by atoms with Crippen molar-refractivity contribution in [1.82, 2.24) is 0 Å². The summed E-state index contributed by atoms with van der Waals surface area (Å²) < 4.78 is 0. The van der Waals surface area contributed by atoms with Gasteiger partial charge in [-0.2, -0.15) is 0 Å². The summed E-state index contributed by atoms with van der Waals surface area (Å²) in [5.74, 6) is -0.930. The van der Waals surface area contributed by atoms with E-state index in [2.05, 4.69) is 6.92 Å². The molecule has 0 saturated heterocycles. The molecule has 3 nitrogen and oxygen atoms in total. The van der Waals surface area contributed by atoms with E-state index in [4.69, 9.17) is 5.11 Å². The number of phenols is 1. The van der Waals surface area contributed by atoms with E-state index in [0.717, 1.165) is 24.8 Å². The third kappa shape index (κ3) is 2.49. The van der Waals surface area contributed by atoms with Gasteiger partial charge in [0.25, 0.3) is 0 Å². The van der Waals surface area contributed by atoms with Crippen LogP contribution in [-0.2, 0) is 6.42 Å². The summed E-state index contributed by atoms with van der Waals surface area (Å²) in [5, 5.41) is 18.2. The van der Waals surface area contributed by atoms with Crippen molar-refractivity contribution in [3.63, 3.8) is 0 Å². The van der Waals surface area contributed by atoms with E-state index in [9.17, 15) is 9.90 Å². The Morgan fingerprint density at radius 3 is 2.64 bits per heavy atom. The van der Waals surface area contributed by atoms with Crippen LogP contribution < -0.4 is 0 Å². The van der Waals surface area contributed by atoms with Crippen molar-refractivity contribution < 1.29 is 15.0 Å². The Hall–Kier alpha value is -1.51. The molecule has 0 amide bonds. The second kappa shape index (κ2) is 4.65. The van der Waals surface area contributed by atoms with Crippen molar-refractivity contribution in [2.75, 3.05) is 0 Å². The van der Waals surface area contributed by atoms with Crippen LogP contribution in [0.25, 0.3) is 0 Å². The Morgan fingerprint density at radius 2 is 2.14 bits per heavy atom. The van der Waals surface area contributed by atoms with E-state index in [1.54, 1.807) is 6.07 Å². The smallest absolute Gasteiger partial charge is 0.335 e. The lowest BCUT2D eigenvalue weighted by Crippen LogP contribution is -1.96. The summed E-state index contributed by atoms with van der Waals surface area (Å²) in [4.78, 5) is 10.6. The average Bonchev–Trinajstić information content (AvgIpc) is 2.15. The molecule has 2 N–H and O–H groups in total. The molecule has 3 heteroatoms. The summed E-state index contributed by atoms with van der Waals surface area (Å²) in [6.45, 7) is 2.07. The number of hydrogen-bond donors (Lipinski definition) is 2. The monoisotopic (exact) mass is 194 g/mol. The molecule has 0 aliphatic carbocycles. The highest BCUT2D eigenvalue weighted by Gasteiger charge is 2.06. The molecule has 0 atom stereocenters. The van der Waals surface area contributed by atoms with Gasteiger partial charge in [-0.15, -0.1) is 0 Å². The number of carboxylic acids is 1. The Balaban J connectivity index is 2.84. The molecule has 0 spiro atoms. The molecular weight excluding hydrogens is 180 g/mol. The van der Waals surface area contributed by atoms with Gasteiger partial charge in [0.2, 0.25) is 0 Å². The van der Waals surface area contributed by atoms with Gasteiger partial charge in [-0.05, 0) is 30.5 Å². The van der Waals surface area contributed by atoms with Gasteiger partial charge in [-0.1, -0.05) is 19.4 Å². The van der Waals surface area contributed by atoms with Crippen molar-refractivity contribution in [1.29, 1.82) is 0 Å². The van der Waals surface area contributed by atoms with Gasteiger partial charge < -0.3 is 10.2 Å². The second-order valence-electron chi connectivity index (χ2n) is 3.25. The normalized spacial score (nSPS) is 10.1. The van der Waals surface area contributed by atoms with Crippen LogP contribution in [-0.4, -0.2) is 16.2 Å². The summed E-state index contributed by atoms with van der Waals surface area (Å²) in [5.41, 5.74) is 0.944. The van der Waals surface area contributed by atoms with Crippen LogP contribution in [0.4, 0.5) is 0 Å². The molecule has 76 valence electrons. The number of aryl methyl sites for hydroxylation is 1. The maximum absolute atomic E-state index is 10.6. The third-order valence-electron chi connectivity index (χ3n) is 2.13. The Kier molecular flexibility index (Phi) is 3.51. The van der Waals surface area contributed by atoms with E-state index in [0.29, 0.717) is 0 Å². The Labute approximate surface area is 83.0 Å². The number of aromatic hydroxyl groups is 1. The summed E-state index contributed by atoms with van der Waals surface area (Å²) in [6, 6.07) is 4.49. The molecule has 0 saturated carbocycles. The highest BCUT2D eigenvalue weighted by atomic mass is 16.4. The van der Waals surface area contributed by atoms with Crippen LogP contribution in [0, 0.1) is 0 Å². The largest absolute Gasteiger partial charge is 0.508 e. The number of benzene rings is 1. The highest BCUT2D eigenvalue weighted by molar-refractivity contribution is 5.88. The van der Waals surface area contributed by atoms with Crippen molar-refractivity contribution in [2.24, 2.45) is 0 Å². The van der Waals surface area contributed by atoms with E-state index < -0.39 is 5.97 Å². The number of hydrogen-bond acceptors (Lipinski definition) is 2. The fourth-order valence-corrected chi connectivity index (χ4v) is 1.28. The van der Waals surface area contributed by atoms with Crippen LogP contribution >= 0.6 is 0 Å². The van der Waals surface area contributed by atoms with Crippen molar-refractivity contribution >= 4 is 5.97 Å². The Bertz CT molecular complexity index is 331. The molecule has 0 heterocycles. The maximum Gasteiger partial charge on any atom is 0.335 e. The molecular formula is C11H14O3. The molecule has 1 aromatic carbocycles. The first kappa shape index (κ1) is 10.6. The number of carboxylic acid groups (broad SMARTS) is 1. The number of aromatic carboxylic acids is 1. The number of rotatable bonds is 4. The molecule has 0 aliphatic heterocycles. The van der Waals surface area contributed by atoms with E-state index in [1.807, 2.05) is 0 Å². The third-order valence-corrected chi connectivity index (χ3v) is 2.13. The Morgan fingerprint density at radius 1 is 1.43 bits per heavy atom. The zero-order chi connectivity index (χ0) is 10.6. The summed E-state index contributed by atoms with van der Waals surface area (Å²) in [6.07, 6.45) is 2.85. The molecule has 0 fully saturated rings. The van der Waals surface area contributed by atoms with Crippen LogP contribution in [0.15, 0.2) is 18.2 Å². The molecule has 0 aromatic heterocycles. The maximum atomic E-state index is 10.6. The topological polar surface area (TPSA) is 57.5 Å². The van der Waals surface area contributed by atoms with Gasteiger partial charge in [0, 0.05) is 0 Å². The summed E-state index contributed by atoms with van der Waals surface area (Å²) >= 11 is 0. The van der Waals surface area contributed by atoms with Crippen LogP contribution in [0.2, 0.25) is 0 Å². The molecule has 0 bridgehead atoms. The number of carbonyl (C=O) groups is 1. The molecule has 1 rings (SSSR count). The minimum atomic E-state index is -1.01. The first-order valence-electron chi connectivity index (χ1n) is 4.70. The minimum absolute atomic E-state index is 0.0818. The fraction of sp³-hybridized carbons (Fsp3) is 0.364. The van der Waals surface area contributed by atoms with Crippen molar-refractivity contribution in [3.05, 3.63) is 29.3 Å². The second-order valence-corrected chi connectivity index (χ2v) is 3.25. The zero-order valence-electron chi connectivity index (χ0n) is 8.16. The quantitative estimate of drug-likeness (QED) is 0.773. The predicted octanol–water partition coefficient (Wildman–Crippen LogP) is 2.43. The fourth-order valence-electron chi connectivity index (χ4n) is 1.28. The van der Waals surface area contributed by atoms with Gasteiger partial charge in [0.1, 0.15) is 5.75 Å². The van der Waals surface area contributed by atoms with Gasteiger partial charge in [-0.25, -0.2) is 4.79 Å². The van der Waals surface area contributed by atoms with Crippen molar-refractivity contribution in [2.45, 2.75) is 26.2 Å². The standard InChI is InChI=1S/C11H14O3/c1-2-3-4-8-5-6-9(11(13)14)7-10(8)12/h5-7,12H,2-4H2,1H3,(H,13,14). The SMILES string of the molecule is CCCCc1ccc(C(=O)O)cc1O. The van der Waals surface area contributed by atoms with E-state index in [1.165, 1.54) is 12.1 Å². The summed E-state index contributed by atoms with van der Waals surface area (Å²) in [7, 11) is 0. The first-order valence-corrected chi connectivity index (χ1v) is 4.70. The zero-order valence-corrected chi connectivity index (χ0v) is 8.16. The van der Waals surface area contributed by atoms with Gasteiger partial charge >= 0.3 is 5.97 Å². The van der Waals surface area contributed by atoms with Gasteiger partial charge in [-0.3, -0.25) is 0 Å². The van der Waals surface area contributed by atoms with Crippen molar-refractivity contribution in [3.8, 4) is 5.75 Å². The van der Waals surface area contributed by atoms with Crippen LogP contribution in [0.1, 0.15) is 35.7 Å². The van der Waals surface area contributed by atoms with Crippen LogP contribution in [0.5, 0.6) is 5.75 Å². The number of phenolic OH excluding ortho intramolecular Hbond substituents is 1. The molecule has 0 radical (unpaired) electrons. The lowest BCUT2D eigenvalue weighted by atomic mass is 10.1. The molecule has 14 heavy (non-hydrogen) atoms. The first-order chi connectivity index (χ1) is 6.65.